The summed E-state index contributed by atoms with van der Waals surface area (Å²) < 4.78 is 4.32. The van der Waals surface area contributed by atoms with Gasteiger partial charge in [0.25, 0.3) is 5.91 Å². The Bertz CT molecular complexity index is 271. The third-order valence-electron chi connectivity index (χ3n) is 1.25. The Balaban J connectivity index is 4.02. The van der Waals surface area contributed by atoms with Gasteiger partial charge in [0.2, 0.25) is 0 Å². The van der Waals surface area contributed by atoms with Crippen LogP contribution < -0.4 is 11.1 Å². The molecule has 78 valence electrons. The third-order valence-corrected chi connectivity index (χ3v) is 1.25. The van der Waals surface area contributed by atoms with Gasteiger partial charge >= 0.3 is 5.97 Å². The summed E-state index contributed by atoms with van der Waals surface area (Å²) >= 11 is 0. The summed E-state index contributed by atoms with van der Waals surface area (Å²) in [6, 6.07) is 0. The molecule has 3 N–H and O–H groups in total. The Morgan fingerprint density at radius 1 is 1.57 bits per heavy atom. The zero-order valence-corrected chi connectivity index (χ0v) is 8.11. The van der Waals surface area contributed by atoms with Crippen LogP contribution in [0.5, 0.6) is 0 Å². The van der Waals surface area contributed by atoms with Gasteiger partial charge in [-0.25, -0.2) is 0 Å². The minimum absolute atomic E-state index is 0.0630. The van der Waals surface area contributed by atoms with E-state index in [2.05, 4.69) is 15.0 Å². The van der Waals surface area contributed by atoms with Crippen molar-refractivity contribution in [2.75, 3.05) is 13.7 Å². The maximum absolute atomic E-state index is 11.1. The second-order valence-electron chi connectivity index (χ2n) is 2.25. The lowest BCUT2D eigenvalue weighted by atomic mass is 10.4. The van der Waals surface area contributed by atoms with Gasteiger partial charge < -0.3 is 15.8 Å². The van der Waals surface area contributed by atoms with Crippen molar-refractivity contribution in [3.05, 3.63) is 11.9 Å². The van der Waals surface area contributed by atoms with E-state index >= 15 is 0 Å². The lowest BCUT2D eigenvalue weighted by molar-refractivity contribution is -0.140. The van der Waals surface area contributed by atoms with E-state index < -0.39 is 11.9 Å². The molecule has 0 unspecified atom stereocenters. The Morgan fingerprint density at radius 2 is 2.21 bits per heavy atom. The second-order valence-corrected chi connectivity index (χ2v) is 2.25. The molecule has 0 aliphatic rings. The minimum atomic E-state index is -0.555. The average Bonchev–Trinajstić information content (AvgIpc) is 2.21. The summed E-state index contributed by atoms with van der Waals surface area (Å²) in [6.07, 6.45) is 2.69. The summed E-state index contributed by atoms with van der Waals surface area (Å²) in [5, 5.41) is 2.26. The fourth-order valence-electron chi connectivity index (χ4n) is 0.540. The second kappa shape index (κ2) is 6.64. The van der Waals surface area contributed by atoms with E-state index in [1.54, 1.807) is 6.92 Å². The zero-order chi connectivity index (χ0) is 11.0. The standard InChI is InChI=1S/C8H13N3O3/c1-3-10-4-6(9)8(13)11-5-7(12)14-2/h3-4H,5,9H2,1-2H3,(H,11,13)/b6-4+,10-3?. The third kappa shape index (κ3) is 4.91. The van der Waals surface area contributed by atoms with Crippen LogP contribution in [0.15, 0.2) is 16.9 Å². The van der Waals surface area contributed by atoms with Crippen molar-refractivity contribution in [1.29, 1.82) is 0 Å². The highest BCUT2D eigenvalue weighted by Crippen LogP contribution is 1.84. The fourth-order valence-corrected chi connectivity index (χ4v) is 0.540. The molecule has 0 spiro atoms. The highest BCUT2D eigenvalue weighted by atomic mass is 16.5. The number of ether oxygens (including phenoxy) is 1. The maximum atomic E-state index is 11.1. The van der Waals surface area contributed by atoms with Crippen LogP contribution >= 0.6 is 0 Å². The fraction of sp³-hybridized carbons (Fsp3) is 0.375. The molecule has 1 amide bonds. The summed E-state index contributed by atoms with van der Waals surface area (Å²) in [5.74, 6) is -1.09. The van der Waals surface area contributed by atoms with Gasteiger partial charge in [0.15, 0.2) is 0 Å². The minimum Gasteiger partial charge on any atom is -0.468 e. The number of nitrogens with two attached hydrogens (primary N) is 1. The number of carbonyl (C=O) groups excluding carboxylic acids is 2. The molecule has 0 aromatic heterocycles. The lowest BCUT2D eigenvalue weighted by Crippen LogP contribution is -2.33. The lowest BCUT2D eigenvalue weighted by Gasteiger charge is -2.02. The normalized spacial score (nSPS) is 11.4. The van der Waals surface area contributed by atoms with Gasteiger partial charge in [-0.2, -0.15) is 0 Å². The number of esters is 1. The van der Waals surface area contributed by atoms with Crippen LogP contribution in [0.2, 0.25) is 0 Å². The van der Waals surface area contributed by atoms with Crippen LogP contribution in [0.1, 0.15) is 6.92 Å². The smallest absolute Gasteiger partial charge is 0.325 e. The Labute approximate surface area is 81.8 Å². The van der Waals surface area contributed by atoms with Gasteiger partial charge in [-0.05, 0) is 6.92 Å². The number of aliphatic imine (C=N–C) groups is 1. The highest BCUT2D eigenvalue weighted by Gasteiger charge is 2.06. The monoisotopic (exact) mass is 199 g/mol. The summed E-state index contributed by atoms with van der Waals surface area (Å²) in [6.45, 7) is 1.48. The quantitative estimate of drug-likeness (QED) is 0.351. The van der Waals surface area contributed by atoms with Gasteiger partial charge in [0.1, 0.15) is 12.2 Å². The van der Waals surface area contributed by atoms with Crippen LogP contribution in [0.4, 0.5) is 0 Å². The molecule has 14 heavy (non-hydrogen) atoms. The van der Waals surface area contributed by atoms with E-state index in [1.165, 1.54) is 19.5 Å². The van der Waals surface area contributed by atoms with Crippen molar-refractivity contribution >= 4 is 18.1 Å². The van der Waals surface area contributed by atoms with Crippen LogP contribution in [0.25, 0.3) is 0 Å². The maximum Gasteiger partial charge on any atom is 0.325 e. The van der Waals surface area contributed by atoms with Crippen molar-refractivity contribution in [2.24, 2.45) is 10.7 Å². The Kier molecular flexibility index (Phi) is 5.77. The molecule has 0 saturated carbocycles. The molecule has 0 aliphatic carbocycles. The number of rotatable bonds is 4. The van der Waals surface area contributed by atoms with Gasteiger partial charge in [-0.15, -0.1) is 0 Å². The molecule has 0 aromatic carbocycles. The number of carbonyl (C=O) groups is 2. The molecule has 0 aliphatic heterocycles. The Morgan fingerprint density at radius 3 is 2.71 bits per heavy atom. The van der Waals surface area contributed by atoms with Crippen molar-refractivity contribution in [1.82, 2.24) is 5.32 Å². The molecule has 0 bridgehead atoms. The molecule has 6 nitrogen and oxygen atoms in total. The molecule has 0 fully saturated rings. The van der Waals surface area contributed by atoms with Crippen LogP contribution in [0, 0.1) is 0 Å². The molecule has 0 rings (SSSR count). The first-order chi connectivity index (χ1) is 6.61. The van der Waals surface area contributed by atoms with Gasteiger partial charge in [0.05, 0.1) is 13.3 Å². The first kappa shape index (κ1) is 12.2. The summed E-state index contributed by atoms with van der Waals surface area (Å²) in [4.78, 5) is 25.4. The molecular weight excluding hydrogens is 186 g/mol. The van der Waals surface area contributed by atoms with Crippen molar-refractivity contribution in [3.8, 4) is 0 Å². The molecule has 0 heterocycles. The van der Waals surface area contributed by atoms with Crippen molar-refractivity contribution in [2.45, 2.75) is 6.92 Å². The Hall–Kier alpha value is -1.85. The molecule has 6 heteroatoms. The van der Waals surface area contributed by atoms with Crippen molar-refractivity contribution in [3.63, 3.8) is 0 Å². The number of hydrogen-bond acceptors (Lipinski definition) is 5. The number of nitrogens with zero attached hydrogens (tertiary/aromatic N) is 1. The average molecular weight is 199 g/mol. The first-order valence-electron chi connectivity index (χ1n) is 3.90. The summed E-state index contributed by atoms with van der Waals surface area (Å²) in [7, 11) is 1.23. The number of nitrogens with one attached hydrogen (secondary N) is 1. The van der Waals surface area contributed by atoms with E-state index in [9.17, 15) is 9.59 Å². The van der Waals surface area contributed by atoms with Gasteiger partial charge in [0, 0.05) is 6.21 Å². The predicted octanol–water partition coefficient (Wildman–Crippen LogP) is -0.834. The molecule has 0 saturated heterocycles. The van der Waals surface area contributed by atoms with E-state index in [4.69, 9.17) is 5.73 Å². The largest absolute Gasteiger partial charge is 0.468 e. The number of amides is 1. The van der Waals surface area contributed by atoms with E-state index in [1.807, 2.05) is 0 Å². The molecular formula is C8H13N3O3. The topological polar surface area (TPSA) is 93.8 Å². The van der Waals surface area contributed by atoms with Crippen LogP contribution in [-0.2, 0) is 14.3 Å². The molecule has 0 radical (unpaired) electrons. The first-order valence-corrected chi connectivity index (χ1v) is 3.90. The van der Waals surface area contributed by atoms with Crippen LogP contribution in [0.3, 0.4) is 0 Å². The number of methoxy groups -OCH3 is 1. The van der Waals surface area contributed by atoms with Crippen LogP contribution in [-0.4, -0.2) is 31.7 Å². The van der Waals surface area contributed by atoms with Crippen molar-refractivity contribution < 1.29 is 14.3 Å². The van der Waals surface area contributed by atoms with Gasteiger partial charge in [-0.1, -0.05) is 0 Å². The van der Waals surface area contributed by atoms with E-state index in [-0.39, 0.29) is 12.2 Å². The number of hydrogen-bond donors (Lipinski definition) is 2. The summed E-state index contributed by atoms with van der Waals surface area (Å²) in [5.41, 5.74) is 5.25. The molecule has 0 atom stereocenters. The highest BCUT2D eigenvalue weighted by molar-refractivity contribution is 5.94. The van der Waals surface area contributed by atoms with E-state index in [0.717, 1.165) is 0 Å². The predicted molar refractivity (Wildman–Crippen MR) is 51.5 cm³/mol. The molecule has 0 aromatic rings. The van der Waals surface area contributed by atoms with Gasteiger partial charge in [-0.3, -0.25) is 14.6 Å². The SMILES string of the molecule is CC=N/C=C(/N)C(=O)NCC(=O)OC. The zero-order valence-electron chi connectivity index (χ0n) is 8.11. The van der Waals surface area contributed by atoms with E-state index in [0.29, 0.717) is 0 Å².